The summed E-state index contributed by atoms with van der Waals surface area (Å²) in [6.45, 7) is 5.32. The Hall–Kier alpha value is -2.48. The van der Waals surface area contributed by atoms with Gasteiger partial charge in [-0.2, -0.15) is 0 Å². The number of anilines is 1. The number of hydrogen-bond donors (Lipinski definition) is 1. The SMILES string of the molecule is COc1cc(OC)c(NC(=O)CN2CCN(CCOc3ccccc3)CC2)cc1Cl. The number of hydrogen-bond acceptors (Lipinski definition) is 6. The number of methoxy groups -OCH3 is 2. The van der Waals surface area contributed by atoms with Gasteiger partial charge >= 0.3 is 0 Å². The van der Waals surface area contributed by atoms with Gasteiger partial charge in [-0.15, -0.1) is 0 Å². The summed E-state index contributed by atoms with van der Waals surface area (Å²) in [5.41, 5.74) is 0.532. The Balaban J connectivity index is 1.41. The molecular weight excluding hydrogens is 406 g/mol. The van der Waals surface area contributed by atoms with Gasteiger partial charge in [0, 0.05) is 38.8 Å². The highest BCUT2D eigenvalue weighted by Crippen LogP contribution is 2.35. The highest BCUT2D eigenvalue weighted by molar-refractivity contribution is 6.32. The van der Waals surface area contributed by atoms with Crippen molar-refractivity contribution in [3.05, 3.63) is 47.5 Å². The van der Waals surface area contributed by atoms with Crippen molar-refractivity contribution in [3.63, 3.8) is 0 Å². The summed E-state index contributed by atoms with van der Waals surface area (Å²) in [7, 11) is 3.07. The van der Waals surface area contributed by atoms with Crippen LogP contribution in [0, 0.1) is 0 Å². The van der Waals surface area contributed by atoms with Crippen LogP contribution in [-0.2, 0) is 4.79 Å². The standard InChI is InChI=1S/C22H28ClN3O4/c1-28-20-15-21(29-2)19(14-18(20)23)24-22(27)16-26-10-8-25(9-11-26)12-13-30-17-6-4-3-5-7-17/h3-7,14-15H,8-13,16H2,1-2H3,(H,24,27). The molecule has 1 heterocycles. The Morgan fingerprint density at radius 3 is 2.33 bits per heavy atom. The molecule has 1 aliphatic heterocycles. The number of carbonyl (C=O) groups excluding carboxylic acids is 1. The zero-order chi connectivity index (χ0) is 21.3. The maximum atomic E-state index is 12.5. The molecule has 0 radical (unpaired) electrons. The molecule has 30 heavy (non-hydrogen) atoms. The molecule has 3 rings (SSSR count). The third-order valence-electron chi connectivity index (χ3n) is 5.00. The summed E-state index contributed by atoms with van der Waals surface area (Å²) >= 11 is 6.17. The van der Waals surface area contributed by atoms with E-state index in [1.54, 1.807) is 19.2 Å². The molecule has 0 bridgehead atoms. The van der Waals surface area contributed by atoms with E-state index >= 15 is 0 Å². The van der Waals surface area contributed by atoms with Gasteiger partial charge in [-0.05, 0) is 18.2 Å². The number of amides is 1. The van der Waals surface area contributed by atoms with Crippen LogP contribution in [0.2, 0.25) is 5.02 Å². The quantitative estimate of drug-likeness (QED) is 0.656. The summed E-state index contributed by atoms with van der Waals surface area (Å²) in [5.74, 6) is 1.80. The second-order valence-corrected chi connectivity index (χ2v) is 7.42. The van der Waals surface area contributed by atoms with Crippen LogP contribution in [0.3, 0.4) is 0 Å². The van der Waals surface area contributed by atoms with Crippen molar-refractivity contribution < 1.29 is 19.0 Å². The predicted octanol–water partition coefficient (Wildman–Crippen LogP) is 2.99. The third-order valence-corrected chi connectivity index (χ3v) is 5.29. The number of nitrogens with zero attached hydrogens (tertiary/aromatic N) is 2. The Morgan fingerprint density at radius 2 is 1.67 bits per heavy atom. The van der Waals surface area contributed by atoms with Crippen LogP contribution in [-0.4, -0.2) is 75.8 Å². The third kappa shape index (κ3) is 6.26. The lowest BCUT2D eigenvalue weighted by molar-refractivity contribution is -0.117. The van der Waals surface area contributed by atoms with Crippen LogP contribution in [0.1, 0.15) is 0 Å². The molecule has 8 heteroatoms. The van der Waals surface area contributed by atoms with Crippen LogP contribution >= 0.6 is 11.6 Å². The molecule has 1 fully saturated rings. The molecular formula is C22H28ClN3O4. The van der Waals surface area contributed by atoms with Gasteiger partial charge in [-0.25, -0.2) is 0 Å². The van der Waals surface area contributed by atoms with Gasteiger partial charge in [0.1, 0.15) is 23.9 Å². The fourth-order valence-corrected chi connectivity index (χ4v) is 3.57. The summed E-state index contributed by atoms with van der Waals surface area (Å²) in [5, 5.41) is 3.30. The van der Waals surface area contributed by atoms with E-state index in [1.807, 2.05) is 30.3 Å². The first-order chi connectivity index (χ1) is 14.6. The largest absolute Gasteiger partial charge is 0.495 e. The van der Waals surface area contributed by atoms with Crippen molar-refractivity contribution in [1.82, 2.24) is 9.80 Å². The molecule has 0 aliphatic carbocycles. The number of halogens is 1. The minimum Gasteiger partial charge on any atom is -0.495 e. The fourth-order valence-electron chi connectivity index (χ4n) is 3.33. The number of rotatable bonds is 9. The zero-order valence-electron chi connectivity index (χ0n) is 17.4. The van der Waals surface area contributed by atoms with E-state index in [0.717, 1.165) is 38.5 Å². The van der Waals surface area contributed by atoms with E-state index in [9.17, 15) is 4.79 Å². The van der Waals surface area contributed by atoms with E-state index in [-0.39, 0.29) is 5.91 Å². The van der Waals surface area contributed by atoms with Crippen molar-refractivity contribution in [1.29, 1.82) is 0 Å². The van der Waals surface area contributed by atoms with E-state index < -0.39 is 0 Å². The molecule has 0 atom stereocenters. The van der Waals surface area contributed by atoms with Crippen molar-refractivity contribution >= 4 is 23.2 Å². The molecule has 0 unspecified atom stereocenters. The molecule has 1 N–H and O–H groups in total. The van der Waals surface area contributed by atoms with E-state index in [4.69, 9.17) is 25.8 Å². The number of nitrogens with one attached hydrogen (secondary N) is 1. The number of benzene rings is 2. The van der Waals surface area contributed by atoms with Crippen molar-refractivity contribution in [2.24, 2.45) is 0 Å². The Labute approximate surface area is 182 Å². The average molecular weight is 434 g/mol. The van der Waals surface area contributed by atoms with Crippen LogP contribution in [0.5, 0.6) is 17.2 Å². The molecule has 2 aromatic rings. The molecule has 0 aromatic heterocycles. The van der Waals surface area contributed by atoms with Gasteiger partial charge in [0.2, 0.25) is 5.91 Å². The van der Waals surface area contributed by atoms with Gasteiger partial charge in [0.05, 0.1) is 31.5 Å². The summed E-state index contributed by atoms with van der Waals surface area (Å²) < 4.78 is 16.3. The molecule has 0 spiro atoms. The normalized spacial score (nSPS) is 14.9. The zero-order valence-corrected chi connectivity index (χ0v) is 18.2. The topological polar surface area (TPSA) is 63.3 Å². The van der Waals surface area contributed by atoms with E-state index in [1.165, 1.54) is 7.11 Å². The van der Waals surface area contributed by atoms with Crippen LogP contribution in [0.25, 0.3) is 0 Å². The summed E-state index contributed by atoms with van der Waals surface area (Å²) in [6, 6.07) is 13.1. The highest BCUT2D eigenvalue weighted by atomic mass is 35.5. The van der Waals surface area contributed by atoms with Gasteiger partial charge < -0.3 is 19.5 Å². The molecule has 7 nitrogen and oxygen atoms in total. The van der Waals surface area contributed by atoms with E-state index in [0.29, 0.717) is 35.4 Å². The molecule has 2 aromatic carbocycles. The Morgan fingerprint density at radius 1 is 1.00 bits per heavy atom. The van der Waals surface area contributed by atoms with Crippen molar-refractivity contribution in [2.45, 2.75) is 0 Å². The second-order valence-electron chi connectivity index (χ2n) is 7.01. The molecule has 1 amide bonds. The number of carbonyl (C=O) groups is 1. The molecule has 0 saturated carbocycles. The summed E-state index contributed by atoms with van der Waals surface area (Å²) in [4.78, 5) is 17.0. The van der Waals surface area contributed by atoms with Gasteiger partial charge in [0.25, 0.3) is 0 Å². The van der Waals surface area contributed by atoms with Crippen LogP contribution in [0.4, 0.5) is 5.69 Å². The Bertz CT molecular complexity index is 827. The van der Waals surface area contributed by atoms with Crippen molar-refractivity contribution in [2.75, 3.05) is 65.4 Å². The van der Waals surface area contributed by atoms with Crippen molar-refractivity contribution in [3.8, 4) is 17.2 Å². The highest BCUT2D eigenvalue weighted by Gasteiger charge is 2.20. The predicted molar refractivity (Wildman–Crippen MR) is 118 cm³/mol. The first-order valence-corrected chi connectivity index (χ1v) is 10.3. The van der Waals surface area contributed by atoms with Crippen LogP contribution in [0.15, 0.2) is 42.5 Å². The number of piperazine rings is 1. The molecule has 1 saturated heterocycles. The number of para-hydroxylation sites is 1. The van der Waals surface area contributed by atoms with Gasteiger partial charge in [-0.3, -0.25) is 14.6 Å². The lowest BCUT2D eigenvalue weighted by Crippen LogP contribution is -2.49. The lowest BCUT2D eigenvalue weighted by Gasteiger charge is -2.34. The first-order valence-electron chi connectivity index (χ1n) is 9.93. The van der Waals surface area contributed by atoms with Gasteiger partial charge in [0.15, 0.2) is 0 Å². The Kier molecular flexibility index (Phi) is 8.19. The average Bonchev–Trinajstić information content (AvgIpc) is 2.76. The second kappa shape index (κ2) is 11.1. The molecule has 162 valence electrons. The molecule has 1 aliphatic rings. The minimum absolute atomic E-state index is 0.101. The first kappa shape index (κ1) is 22.2. The number of ether oxygens (including phenoxy) is 3. The minimum atomic E-state index is -0.101. The van der Waals surface area contributed by atoms with Crippen LogP contribution < -0.4 is 19.5 Å². The monoisotopic (exact) mass is 433 g/mol. The lowest BCUT2D eigenvalue weighted by atomic mass is 10.2. The fraction of sp³-hybridized carbons (Fsp3) is 0.409. The van der Waals surface area contributed by atoms with E-state index in [2.05, 4.69) is 15.1 Å². The summed E-state index contributed by atoms with van der Waals surface area (Å²) in [6.07, 6.45) is 0. The van der Waals surface area contributed by atoms with Gasteiger partial charge in [-0.1, -0.05) is 29.8 Å². The maximum Gasteiger partial charge on any atom is 0.238 e. The maximum absolute atomic E-state index is 12.5. The smallest absolute Gasteiger partial charge is 0.238 e.